The molecule has 1 N–H and O–H groups in total. The van der Waals surface area contributed by atoms with Crippen LogP contribution in [0.5, 0.6) is 5.75 Å². The van der Waals surface area contributed by atoms with E-state index in [4.69, 9.17) is 4.74 Å². The summed E-state index contributed by atoms with van der Waals surface area (Å²) in [6.45, 7) is 0.386. The van der Waals surface area contributed by atoms with Gasteiger partial charge in [0.15, 0.2) is 0 Å². The van der Waals surface area contributed by atoms with Crippen molar-refractivity contribution >= 4 is 23.3 Å². The minimum Gasteiger partial charge on any atom is -0.486 e. The molecule has 0 spiro atoms. The molecule has 2 aliphatic rings. The maximum Gasteiger partial charge on any atom is 0.322 e. The Bertz CT molecular complexity index is 809. The van der Waals surface area contributed by atoms with Crippen molar-refractivity contribution in [2.24, 2.45) is 0 Å². The number of likely N-dealkylation sites (N-methyl/N-ethyl adjacent to an activating group) is 1. The van der Waals surface area contributed by atoms with E-state index in [2.05, 4.69) is 5.32 Å². The number of hydrogen-bond acceptors (Lipinski definition) is 3. The van der Waals surface area contributed by atoms with E-state index >= 15 is 0 Å². The monoisotopic (exact) mass is 337 g/mol. The van der Waals surface area contributed by atoms with Crippen molar-refractivity contribution in [1.82, 2.24) is 4.90 Å². The fourth-order valence-corrected chi connectivity index (χ4v) is 3.41. The van der Waals surface area contributed by atoms with E-state index in [0.29, 0.717) is 24.4 Å². The van der Waals surface area contributed by atoms with E-state index in [1.54, 1.807) is 16.8 Å². The third kappa shape index (κ3) is 2.80. The Kier molecular flexibility index (Phi) is 3.80. The fourth-order valence-electron chi connectivity index (χ4n) is 3.41. The quantitative estimate of drug-likeness (QED) is 0.870. The van der Waals surface area contributed by atoms with Gasteiger partial charge < -0.3 is 19.9 Å². The molecular formula is C19H19N3O3. The summed E-state index contributed by atoms with van der Waals surface area (Å²) in [5.74, 6) is 0.577. The number of fused-ring (bicyclic) bond motifs is 3. The highest BCUT2D eigenvalue weighted by Gasteiger charge is 2.44. The van der Waals surface area contributed by atoms with Gasteiger partial charge in [0.05, 0.1) is 12.2 Å². The SMILES string of the molecule is CN1C(=O)C2CC(CN2C(=O)Nc2ccccc2)Oc2ccccc21. The molecule has 0 aromatic heterocycles. The van der Waals surface area contributed by atoms with Crippen molar-refractivity contribution in [2.75, 3.05) is 23.8 Å². The van der Waals surface area contributed by atoms with Crippen LogP contribution in [0.25, 0.3) is 0 Å². The average molecular weight is 337 g/mol. The maximum absolute atomic E-state index is 12.9. The molecule has 0 aliphatic carbocycles. The third-order valence-electron chi connectivity index (χ3n) is 4.68. The first-order valence-electron chi connectivity index (χ1n) is 8.29. The number of rotatable bonds is 1. The van der Waals surface area contributed by atoms with Crippen molar-refractivity contribution < 1.29 is 14.3 Å². The average Bonchev–Trinajstić information content (AvgIpc) is 3.06. The Balaban J connectivity index is 1.60. The minimum absolute atomic E-state index is 0.0959. The van der Waals surface area contributed by atoms with Crippen LogP contribution in [0.15, 0.2) is 54.6 Å². The summed E-state index contributed by atoms with van der Waals surface area (Å²) >= 11 is 0. The molecule has 6 heteroatoms. The van der Waals surface area contributed by atoms with Gasteiger partial charge in [-0.1, -0.05) is 30.3 Å². The number of carbonyl (C=O) groups excluding carboxylic acids is 2. The fraction of sp³-hybridized carbons (Fsp3) is 0.263. The van der Waals surface area contributed by atoms with Crippen LogP contribution in [-0.4, -0.2) is 42.6 Å². The number of nitrogens with zero attached hydrogens (tertiary/aromatic N) is 2. The first kappa shape index (κ1) is 15.5. The zero-order valence-electron chi connectivity index (χ0n) is 13.9. The molecule has 2 heterocycles. The number of nitrogens with one attached hydrogen (secondary N) is 1. The Morgan fingerprint density at radius 1 is 1.12 bits per heavy atom. The third-order valence-corrected chi connectivity index (χ3v) is 4.68. The first-order chi connectivity index (χ1) is 12.1. The molecule has 25 heavy (non-hydrogen) atoms. The lowest BCUT2D eigenvalue weighted by Gasteiger charge is -2.29. The van der Waals surface area contributed by atoms with Gasteiger partial charge in [-0.2, -0.15) is 0 Å². The molecule has 2 atom stereocenters. The van der Waals surface area contributed by atoms with E-state index in [9.17, 15) is 9.59 Å². The van der Waals surface area contributed by atoms with Gasteiger partial charge >= 0.3 is 6.03 Å². The van der Waals surface area contributed by atoms with Crippen molar-refractivity contribution in [3.63, 3.8) is 0 Å². The number of ether oxygens (including phenoxy) is 1. The summed E-state index contributed by atoms with van der Waals surface area (Å²) in [5.41, 5.74) is 1.43. The molecular weight excluding hydrogens is 318 g/mol. The predicted molar refractivity (Wildman–Crippen MR) is 94.8 cm³/mol. The minimum atomic E-state index is -0.521. The lowest BCUT2D eigenvalue weighted by molar-refractivity contribution is -0.121. The lowest BCUT2D eigenvalue weighted by atomic mass is 10.1. The van der Waals surface area contributed by atoms with Crippen molar-refractivity contribution in [1.29, 1.82) is 0 Å². The smallest absolute Gasteiger partial charge is 0.322 e. The van der Waals surface area contributed by atoms with E-state index < -0.39 is 6.04 Å². The van der Waals surface area contributed by atoms with E-state index in [1.165, 1.54) is 0 Å². The molecule has 0 radical (unpaired) electrons. The zero-order chi connectivity index (χ0) is 17.4. The standard InChI is InChI=1S/C19H19N3O3/c1-21-15-9-5-6-10-17(15)25-14-11-16(18(21)23)22(12-14)19(24)20-13-7-3-2-4-8-13/h2-10,14,16H,11-12H2,1H3,(H,20,24). The largest absolute Gasteiger partial charge is 0.486 e. The van der Waals surface area contributed by atoms with Crippen LogP contribution < -0.4 is 15.0 Å². The van der Waals surface area contributed by atoms with Crippen LogP contribution >= 0.6 is 0 Å². The summed E-state index contributed by atoms with van der Waals surface area (Å²) in [5, 5.41) is 2.85. The number of hydrogen-bond donors (Lipinski definition) is 1. The van der Waals surface area contributed by atoms with Crippen LogP contribution in [0.3, 0.4) is 0 Å². The summed E-state index contributed by atoms with van der Waals surface area (Å²) in [6.07, 6.45) is 0.310. The zero-order valence-corrected chi connectivity index (χ0v) is 13.9. The number of urea groups is 1. The molecule has 4 rings (SSSR count). The normalized spacial score (nSPS) is 21.9. The molecule has 2 bridgehead atoms. The lowest BCUT2D eigenvalue weighted by Crippen LogP contribution is -2.48. The molecule has 2 unspecified atom stereocenters. The molecule has 3 amide bonds. The van der Waals surface area contributed by atoms with E-state index in [-0.39, 0.29) is 18.0 Å². The summed E-state index contributed by atoms with van der Waals surface area (Å²) < 4.78 is 6.06. The first-order valence-corrected chi connectivity index (χ1v) is 8.29. The number of carbonyl (C=O) groups is 2. The van der Waals surface area contributed by atoms with Gasteiger partial charge in [-0.3, -0.25) is 4.79 Å². The van der Waals surface area contributed by atoms with Gasteiger partial charge in [-0.15, -0.1) is 0 Å². The molecule has 2 aliphatic heterocycles. The summed E-state index contributed by atoms with van der Waals surface area (Å²) in [6, 6.07) is 15.9. The molecule has 2 aromatic rings. The maximum atomic E-state index is 12.9. The van der Waals surface area contributed by atoms with Crippen LogP contribution in [0.2, 0.25) is 0 Å². The Labute approximate surface area is 146 Å². The predicted octanol–water partition coefficient (Wildman–Crippen LogP) is 2.72. The van der Waals surface area contributed by atoms with Crippen LogP contribution in [-0.2, 0) is 4.79 Å². The summed E-state index contributed by atoms with van der Waals surface area (Å²) in [4.78, 5) is 28.8. The number of anilines is 2. The highest BCUT2D eigenvalue weighted by Crippen LogP contribution is 2.35. The number of benzene rings is 2. The molecule has 1 fully saturated rings. The van der Waals surface area contributed by atoms with Crippen LogP contribution in [0.1, 0.15) is 6.42 Å². The van der Waals surface area contributed by atoms with Gasteiger partial charge in [0, 0.05) is 19.2 Å². The van der Waals surface area contributed by atoms with Crippen LogP contribution in [0, 0.1) is 0 Å². The van der Waals surface area contributed by atoms with Gasteiger partial charge in [0.25, 0.3) is 0 Å². The summed E-state index contributed by atoms with van der Waals surface area (Å²) in [7, 11) is 1.72. The van der Waals surface area contributed by atoms with Crippen molar-refractivity contribution in [2.45, 2.75) is 18.6 Å². The second-order valence-electron chi connectivity index (χ2n) is 6.30. The molecule has 2 aromatic carbocycles. The number of amides is 3. The Morgan fingerprint density at radius 2 is 1.84 bits per heavy atom. The number of para-hydroxylation sites is 3. The molecule has 0 saturated carbocycles. The highest BCUT2D eigenvalue weighted by atomic mass is 16.5. The Hall–Kier alpha value is -3.02. The Morgan fingerprint density at radius 3 is 2.64 bits per heavy atom. The van der Waals surface area contributed by atoms with Crippen molar-refractivity contribution in [3.05, 3.63) is 54.6 Å². The van der Waals surface area contributed by atoms with Gasteiger partial charge in [-0.05, 0) is 24.3 Å². The van der Waals surface area contributed by atoms with E-state index in [1.807, 2.05) is 54.6 Å². The van der Waals surface area contributed by atoms with Crippen molar-refractivity contribution in [3.8, 4) is 5.75 Å². The highest BCUT2D eigenvalue weighted by molar-refractivity contribution is 6.02. The second kappa shape index (κ2) is 6.12. The number of likely N-dealkylation sites (tertiary alicyclic amines) is 1. The molecule has 6 nitrogen and oxygen atoms in total. The van der Waals surface area contributed by atoms with Gasteiger partial charge in [-0.25, -0.2) is 4.79 Å². The van der Waals surface area contributed by atoms with Gasteiger partial charge in [0.2, 0.25) is 5.91 Å². The molecule has 128 valence electrons. The van der Waals surface area contributed by atoms with Gasteiger partial charge in [0.1, 0.15) is 17.9 Å². The second-order valence-corrected chi connectivity index (χ2v) is 6.30. The van der Waals surface area contributed by atoms with E-state index in [0.717, 1.165) is 5.69 Å². The topological polar surface area (TPSA) is 61.9 Å². The molecule has 1 saturated heterocycles. The van der Waals surface area contributed by atoms with Crippen LogP contribution in [0.4, 0.5) is 16.2 Å².